The number of amides is 1. The molecule has 1 N–H and O–H groups in total. The summed E-state index contributed by atoms with van der Waals surface area (Å²) in [6.45, 7) is 1.18. The Bertz CT molecular complexity index is 1010. The smallest absolute Gasteiger partial charge is 0.349 e. The summed E-state index contributed by atoms with van der Waals surface area (Å²) < 4.78 is 10.7. The van der Waals surface area contributed by atoms with Crippen LogP contribution in [0.4, 0.5) is 0 Å². The largest absolute Gasteiger partial charge is 0.493 e. The number of fused-ring (bicyclic) bond motifs is 2. The molecular weight excluding hydrogens is 318 g/mol. The van der Waals surface area contributed by atoms with E-state index in [1.165, 1.54) is 5.56 Å². The normalized spacial score (nSPS) is 12.6. The highest BCUT2D eigenvalue weighted by molar-refractivity contribution is 5.96. The summed E-state index contributed by atoms with van der Waals surface area (Å²) in [5.41, 5.74) is 2.23. The maximum atomic E-state index is 12.3. The highest BCUT2D eigenvalue weighted by atomic mass is 16.5. The van der Waals surface area contributed by atoms with E-state index in [4.69, 9.17) is 9.15 Å². The van der Waals surface area contributed by atoms with Gasteiger partial charge in [0.1, 0.15) is 16.9 Å². The van der Waals surface area contributed by atoms with Gasteiger partial charge in [-0.1, -0.05) is 30.3 Å². The monoisotopic (exact) mass is 335 g/mol. The van der Waals surface area contributed by atoms with Gasteiger partial charge in [-0.15, -0.1) is 0 Å². The van der Waals surface area contributed by atoms with Gasteiger partial charge in [0.25, 0.3) is 5.91 Å². The molecule has 0 radical (unpaired) electrons. The molecule has 0 bridgehead atoms. The molecule has 1 aromatic heterocycles. The number of benzene rings is 2. The highest BCUT2D eigenvalue weighted by Gasteiger charge is 2.14. The van der Waals surface area contributed by atoms with E-state index in [0.717, 1.165) is 29.7 Å². The third-order valence-electron chi connectivity index (χ3n) is 4.34. The van der Waals surface area contributed by atoms with E-state index in [1.807, 2.05) is 24.3 Å². The van der Waals surface area contributed by atoms with E-state index >= 15 is 0 Å². The predicted octanol–water partition coefficient (Wildman–Crippen LogP) is 2.70. The second-order valence-corrected chi connectivity index (χ2v) is 6.03. The molecule has 1 amide bonds. The van der Waals surface area contributed by atoms with Crippen molar-refractivity contribution in [2.24, 2.45) is 0 Å². The minimum absolute atomic E-state index is 0.0288. The summed E-state index contributed by atoms with van der Waals surface area (Å²) in [5.74, 6) is 0.533. The van der Waals surface area contributed by atoms with E-state index in [2.05, 4.69) is 11.4 Å². The van der Waals surface area contributed by atoms with Crippen molar-refractivity contribution in [3.63, 3.8) is 0 Å². The van der Waals surface area contributed by atoms with Gasteiger partial charge in [-0.05, 0) is 35.7 Å². The minimum atomic E-state index is -0.620. The van der Waals surface area contributed by atoms with Crippen LogP contribution in [-0.2, 0) is 12.8 Å². The van der Waals surface area contributed by atoms with E-state index in [-0.39, 0.29) is 5.56 Å². The molecule has 0 atom stereocenters. The van der Waals surface area contributed by atoms with Crippen LogP contribution < -0.4 is 15.7 Å². The number of ether oxygens (including phenoxy) is 1. The molecule has 126 valence electrons. The molecule has 2 heterocycles. The Balaban J connectivity index is 1.44. The molecule has 1 aliphatic rings. The molecule has 0 spiro atoms. The van der Waals surface area contributed by atoms with Crippen LogP contribution in [0.5, 0.6) is 5.75 Å². The van der Waals surface area contributed by atoms with Crippen molar-refractivity contribution in [3.8, 4) is 5.75 Å². The van der Waals surface area contributed by atoms with Gasteiger partial charge in [0.05, 0.1) is 6.61 Å². The summed E-state index contributed by atoms with van der Waals surface area (Å²) in [6.07, 6.45) is 1.62. The zero-order valence-electron chi connectivity index (χ0n) is 13.6. The van der Waals surface area contributed by atoms with Crippen molar-refractivity contribution in [2.45, 2.75) is 12.8 Å². The van der Waals surface area contributed by atoms with Crippen LogP contribution >= 0.6 is 0 Å². The maximum absolute atomic E-state index is 12.3. The van der Waals surface area contributed by atoms with Crippen molar-refractivity contribution in [1.29, 1.82) is 0 Å². The molecule has 5 nitrogen and oxygen atoms in total. The molecule has 2 aromatic carbocycles. The highest BCUT2D eigenvalue weighted by Crippen LogP contribution is 2.25. The summed E-state index contributed by atoms with van der Waals surface area (Å²) >= 11 is 0. The fraction of sp³-hybridized carbons (Fsp3) is 0.200. The van der Waals surface area contributed by atoms with E-state index in [9.17, 15) is 9.59 Å². The van der Waals surface area contributed by atoms with Gasteiger partial charge in [-0.2, -0.15) is 0 Å². The standard InChI is InChI=1S/C20H17NO4/c22-19(16-12-14-3-1-2-4-18(14)25-20(16)23)21-9-7-13-5-6-17-15(11-13)8-10-24-17/h1-6,11-12H,7-10H2,(H,21,22). The van der Waals surface area contributed by atoms with Gasteiger partial charge in [-0.25, -0.2) is 4.79 Å². The average molecular weight is 335 g/mol. The first-order valence-corrected chi connectivity index (χ1v) is 8.26. The second kappa shape index (κ2) is 6.43. The van der Waals surface area contributed by atoms with Crippen molar-refractivity contribution in [1.82, 2.24) is 5.32 Å². The number of carbonyl (C=O) groups excluding carboxylic acids is 1. The summed E-state index contributed by atoms with van der Waals surface area (Å²) in [5, 5.41) is 3.52. The van der Waals surface area contributed by atoms with E-state index in [1.54, 1.807) is 18.2 Å². The topological polar surface area (TPSA) is 68.5 Å². The molecule has 0 aliphatic carbocycles. The Morgan fingerprint density at radius 2 is 2.00 bits per heavy atom. The molecule has 4 rings (SSSR count). The second-order valence-electron chi connectivity index (χ2n) is 6.03. The fourth-order valence-electron chi connectivity index (χ4n) is 3.03. The van der Waals surface area contributed by atoms with Gasteiger partial charge >= 0.3 is 5.63 Å². The number of nitrogens with one attached hydrogen (secondary N) is 1. The van der Waals surface area contributed by atoms with E-state index < -0.39 is 11.5 Å². The lowest BCUT2D eigenvalue weighted by atomic mass is 10.1. The van der Waals surface area contributed by atoms with Crippen molar-refractivity contribution >= 4 is 16.9 Å². The number of para-hydroxylation sites is 1. The van der Waals surface area contributed by atoms with Crippen molar-refractivity contribution in [2.75, 3.05) is 13.2 Å². The van der Waals surface area contributed by atoms with Crippen LogP contribution in [0.15, 0.2) is 57.7 Å². The summed E-state index contributed by atoms with van der Waals surface area (Å²) in [7, 11) is 0. The molecule has 0 saturated carbocycles. The Labute approximate surface area is 144 Å². The lowest BCUT2D eigenvalue weighted by Gasteiger charge is -2.07. The zero-order chi connectivity index (χ0) is 17.2. The minimum Gasteiger partial charge on any atom is -0.493 e. The third kappa shape index (κ3) is 3.13. The fourth-order valence-corrected chi connectivity index (χ4v) is 3.03. The van der Waals surface area contributed by atoms with Gasteiger partial charge in [-0.3, -0.25) is 4.79 Å². The van der Waals surface area contributed by atoms with Crippen LogP contribution in [0, 0.1) is 0 Å². The van der Waals surface area contributed by atoms with Crippen LogP contribution in [0.3, 0.4) is 0 Å². The quantitative estimate of drug-likeness (QED) is 0.744. The molecule has 1 aliphatic heterocycles. The number of rotatable bonds is 4. The number of hydrogen-bond donors (Lipinski definition) is 1. The first kappa shape index (κ1) is 15.4. The third-order valence-corrected chi connectivity index (χ3v) is 4.34. The van der Waals surface area contributed by atoms with Gasteiger partial charge in [0.2, 0.25) is 0 Å². The zero-order valence-corrected chi connectivity index (χ0v) is 13.6. The molecule has 0 unspecified atom stereocenters. The maximum Gasteiger partial charge on any atom is 0.349 e. The lowest BCUT2D eigenvalue weighted by Crippen LogP contribution is -2.29. The summed E-state index contributed by atoms with van der Waals surface area (Å²) in [4.78, 5) is 24.3. The van der Waals surface area contributed by atoms with Crippen molar-refractivity contribution in [3.05, 3.63) is 75.6 Å². The molecule has 25 heavy (non-hydrogen) atoms. The first-order chi connectivity index (χ1) is 12.2. The Hall–Kier alpha value is -3.08. The molecule has 3 aromatic rings. The van der Waals surface area contributed by atoms with Crippen LogP contribution in [0.1, 0.15) is 21.5 Å². The SMILES string of the molecule is O=C(NCCc1ccc2c(c1)CCO2)c1cc2ccccc2oc1=O. The van der Waals surface area contributed by atoms with Gasteiger partial charge in [0.15, 0.2) is 0 Å². The Kier molecular flexibility index (Phi) is 3.98. The van der Waals surface area contributed by atoms with Gasteiger partial charge in [0, 0.05) is 18.4 Å². The predicted molar refractivity (Wildman–Crippen MR) is 94.2 cm³/mol. The number of carbonyl (C=O) groups is 1. The molecular formula is C20H17NO4. The average Bonchev–Trinajstić information content (AvgIpc) is 3.09. The van der Waals surface area contributed by atoms with Gasteiger partial charge < -0.3 is 14.5 Å². The molecule has 5 heteroatoms. The van der Waals surface area contributed by atoms with Crippen LogP contribution in [-0.4, -0.2) is 19.1 Å². The van der Waals surface area contributed by atoms with Crippen LogP contribution in [0.2, 0.25) is 0 Å². The molecule has 0 fully saturated rings. The van der Waals surface area contributed by atoms with Crippen LogP contribution in [0.25, 0.3) is 11.0 Å². The Morgan fingerprint density at radius 3 is 2.92 bits per heavy atom. The van der Waals surface area contributed by atoms with E-state index in [0.29, 0.717) is 18.5 Å². The first-order valence-electron chi connectivity index (χ1n) is 8.26. The Morgan fingerprint density at radius 1 is 1.12 bits per heavy atom. The molecule has 0 saturated heterocycles. The number of hydrogen-bond acceptors (Lipinski definition) is 4. The summed E-state index contributed by atoms with van der Waals surface area (Å²) in [6, 6.07) is 14.8. The lowest BCUT2D eigenvalue weighted by molar-refractivity contribution is 0.0950. The van der Waals surface area contributed by atoms with Crippen molar-refractivity contribution < 1.29 is 13.9 Å².